The van der Waals surface area contributed by atoms with Crippen molar-refractivity contribution in [2.75, 3.05) is 20.1 Å². The van der Waals surface area contributed by atoms with Gasteiger partial charge in [0.1, 0.15) is 6.17 Å². The summed E-state index contributed by atoms with van der Waals surface area (Å²) in [5.74, 6) is 0.934. The van der Waals surface area contributed by atoms with Crippen LogP contribution in [-0.2, 0) is 6.54 Å². The highest BCUT2D eigenvalue weighted by molar-refractivity contribution is 5.82. The predicted octanol–water partition coefficient (Wildman–Crippen LogP) is 1.09. The van der Waals surface area contributed by atoms with E-state index in [2.05, 4.69) is 46.2 Å². The van der Waals surface area contributed by atoms with E-state index in [-0.39, 0.29) is 6.17 Å². The van der Waals surface area contributed by atoms with Gasteiger partial charge in [-0.1, -0.05) is 6.92 Å². The molecule has 1 N–H and O–H groups in total. The van der Waals surface area contributed by atoms with Crippen molar-refractivity contribution in [1.82, 2.24) is 24.9 Å². The lowest BCUT2D eigenvalue weighted by atomic mass is 10.2. The first-order valence-electron chi connectivity index (χ1n) is 7.69. The van der Waals surface area contributed by atoms with Gasteiger partial charge in [0.2, 0.25) is 5.96 Å². The summed E-state index contributed by atoms with van der Waals surface area (Å²) in [7, 11) is 2.07. The third-order valence-electron chi connectivity index (χ3n) is 3.96. The van der Waals surface area contributed by atoms with Crippen LogP contribution < -0.4 is 5.43 Å². The molecule has 2 aliphatic rings. The average molecular weight is 301 g/mol. The molecule has 0 bridgehead atoms. The molecule has 7 nitrogen and oxygen atoms in total. The fourth-order valence-corrected chi connectivity index (χ4v) is 2.71. The zero-order valence-electron chi connectivity index (χ0n) is 13.4. The number of allylic oxidation sites excluding steroid dienone is 1. The lowest BCUT2D eigenvalue weighted by molar-refractivity contribution is 0.242. The first-order valence-corrected chi connectivity index (χ1v) is 7.69. The molecule has 7 heteroatoms. The van der Waals surface area contributed by atoms with Gasteiger partial charge in [0.05, 0.1) is 25.1 Å². The van der Waals surface area contributed by atoms with Gasteiger partial charge in [0.15, 0.2) is 0 Å². The maximum Gasteiger partial charge on any atom is 0.210 e. The van der Waals surface area contributed by atoms with Crippen molar-refractivity contribution in [1.29, 1.82) is 0 Å². The second kappa shape index (κ2) is 6.31. The van der Waals surface area contributed by atoms with Gasteiger partial charge in [-0.15, -0.1) is 0 Å². The zero-order chi connectivity index (χ0) is 15.5. The standard InChI is InChI=1S/C15H23N7/c1-4-7-20(3)15-18-14-12(2)13(10-21-8-5-16-11-21)17-6-9-22(14)19-15/h5-6,8,11,14H,4,7,9-10H2,1-3H3,(H,18,19). The van der Waals surface area contributed by atoms with Crippen molar-refractivity contribution in [3.8, 4) is 0 Å². The number of rotatable bonds is 4. The molecule has 0 saturated heterocycles. The minimum Gasteiger partial charge on any atom is -0.345 e. The van der Waals surface area contributed by atoms with Gasteiger partial charge in [-0.2, -0.15) is 5.01 Å². The van der Waals surface area contributed by atoms with Gasteiger partial charge in [0, 0.05) is 32.2 Å². The molecule has 0 amide bonds. The number of hydrogen-bond acceptors (Lipinski definition) is 6. The fraction of sp³-hybridized carbons (Fsp3) is 0.533. The molecule has 0 fully saturated rings. The van der Waals surface area contributed by atoms with Crippen LogP contribution in [0, 0.1) is 0 Å². The van der Waals surface area contributed by atoms with Crippen LogP contribution in [0.3, 0.4) is 0 Å². The fourth-order valence-electron chi connectivity index (χ4n) is 2.71. The zero-order valence-corrected chi connectivity index (χ0v) is 13.4. The summed E-state index contributed by atoms with van der Waals surface area (Å²) >= 11 is 0. The van der Waals surface area contributed by atoms with Gasteiger partial charge in [-0.05, 0) is 18.9 Å². The van der Waals surface area contributed by atoms with E-state index in [4.69, 9.17) is 4.99 Å². The summed E-state index contributed by atoms with van der Waals surface area (Å²) in [6.45, 7) is 6.74. The van der Waals surface area contributed by atoms with Crippen molar-refractivity contribution in [2.45, 2.75) is 33.0 Å². The summed E-state index contributed by atoms with van der Waals surface area (Å²) in [5, 5.41) is 2.13. The van der Waals surface area contributed by atoms with Gasteiger partial charge in [-0.25, -0.2) is 9.98 Å². The minimum atomic E-state index is 0.00956. The van der Waals surface area contributed by atoms with Crippen LogP contribution in [-0.4, -0.2) is 57.9 Å². The maximum absolute atomic E-state index is 4.84. The molecule has 1 aromatic rings. The molecule has 2 aliphatic heterocycles. The second-order valence-electron chi connectivity index (χ2n) is 5.69. The Morgan fingerprint density at radius 2 is 2.32 bits per heavy atom. The monoisotopic (exact) mass is 301 g/mol. The van der Waals surface area contributed by atoms with Crippen molar-refractivity contribution in [3.05, 3.63) is 30.0 Å². The molecule has 1 atom stereocenters. The number of hydrogen-bond donors (Lipinski definition) is 1. The van der Waals surface area contributed by atoms with E-state index in [9.17, 15) is 0 Å². The van der Waals surface area contributed by atoms with Crippen LogP contribution >= 0.6 is 0 Å². The largest absolute Gasteiger partial charge is 0.345 e. The second-order valence-corrected chi connectivity index (χ2v) is 5.69. The van der Waals surface area contributed by atoms with E-state index in [1.54, 1.807) is 6.20 Å². The van der Waals surface area contributed by atoms with Crippen LogP contribution in [0.2, 0.25) is 0 Å². The summed E-state index contributed by atoms with van der Waals surface area (Å²) in [6, 6.07) is 0. The quantitative estimate of drug-likeness (QED) is 0.904. The Balaban J connectivity index is 1.83. The molecule has 0 aromatic carbocycles. The maximum atomic E-state index is 4.84. The van der Waals surface area contributed by atoms with Crippen LogP contribution in [0.1, 0.15) is 20.3 Å². The van der Waals surface area contributed by atoms with Crippen LogP contribution in [0.25, 0.3) is 0 Å². The van der Waals surface area contributed by atoms with E-state index in [0.29, 0.717) is 0 Å². The number of nitrogens with one attached hydrogen (secondary N) is 1. The molecule has 118 valence electrons. The van der Waals surface area contributed by atoms with Crippen molar-refractivity contribution < 1.29 is 0 Å². The minimum absolute atomic E-state index is 0.00956. The molecule has 3 rings (SSSR count). The molecule has 1 aromatic heterocycles. The topological polar surface area (TPSA) is 61.1 Å². The van der Waals surface area contributed by atoms with Gasteiger partial charge in [0.25, 0.3) is 0 Å². The first kappa shape index (κ1) is 14.8. The predicted molar refractivity (Wildman–Crippen MR) is 87.4 cm³/mol. The van der Waals surface area contributed by atoms with E-state index < -0.39 is 0 Å². The number of hydrazine groups is 1. The highest BCUT2D eigenvalue weighted by atomic mass is 15.6. The smallest absolute Gasteiger partial charge is 0.210 e. The average Bonchev–Trinajstić information content (AvgIpc) is 3.13. The lowest BCUT2D eigenvalue weighted by Gasteiger charge is -2.22. The normalized spacial score (nSPS) is 21.4. The Bertz CT molecular complexity index is 599. The number of aromatic nitrogens is 2. The molecule has 0 radical (unpaired) electrons. The Hall–Kier alpha value is -2.15. The third-order valence-corrected chi connectivity index (χ3v) is 3.96. The number of nitrogens with zero attached hydrogens (tertiary/aromatic N) is 6. The molecular formula is C15H23N7. The molecule has 22 heavy (non-hydrogen) atoms. The molecule has 0 saturated carbocycles. The summed E-state index contributed by atoms with van der Waals surface area (Å²) < 4.78 is 2.03. The van der Waals surface area contributed by atoms with Gasteiger partial charge in [-0.3, -0.25) is 10.4 Å². The molecular weight excluding hydrogens is 278 g/mol. The van der Waals surface area contributed by atoms with Crippen molar-refractivity contribution in [3.63, 3.8) is 0 Å². The van der Waals surface area contributed by atoms with E-state index in [1.165, 1.54) is 5.57 Å². The number of fused-ring (bicyclic) bond motifs is 1. The third kappa shape index (κ3) is 2.89. The van der Waals surface area contributed by atoms with Gasteiger partial charge >= 0.3 is 0 Å². The lowest BCUT2D eigenvalue weighted by Crippen LogP contribution is -2.46. The number of guanidine groups is 1. The SMILES string of the molecule is CCCN(C)C1=NC2C(C)=C(Cn3ccnc3)N=CCN2N1. The summed E-state index contributed by atoms with van der Waals surface area (Å²) in [5.41, 5.74) is 5.62. The Labute approximate surface area is 131 Å². The Kier molecular flexibility index (Phi) is 4.24. The number of imidazole rings is 1. The van der Waals surface area contributed by atoms with Crippen LogP contribution in [0.5, 0.6) is 0 Å². The molecule has 0 spiro atoms. The van der Waals surface area contributed by atoms with Crippen LogP contribution in [0.4, 0.5) is 0 Å². The van der Waals surface area contributed by atoms with E-state index >= 15 is 0 Å². The Morgan fingerprint density at radius 3 is 3.05 bits per heavy atom. The first-order chi connectivity index (χ1) is 10.7. The highest BCUT2D eigenvalue weighted by Crippen LogP contribution is 2.22. The summed E-state index contributed by atoms with van der Waals surface area (Å²) in [4.78, 5) is 15.7. The molecule has 0 aliphatic carbocycles. The van der Waals surface area contributed by atoms with Gasteiger partial charge < -0.3 is 9.47 Å². The van der Waals surface area contributed by atoms with Crippen molar-refractivity contribution >= 4 is 12.2 Å². The van der Waals surface area contributed by atoms with E-state index in [1.807, 2.05) is 23.3 Å². The highest BCUT2D eigenvalue weighted by Gasteiger charge is 2.31. The Morgan fingerprint density at radius 1 is 1.45 bits per heavy atom. The van der Waals surface area contributed by atoms with Crippen molar-refractivity contribution in [2.24, 2.45) is 9.98 Å². The summed E-state index contributed by atoms with van der Waals surface area (Å²) in [6.07, 6.45) is 8.61. The van der Waals surface area contributed by atoms with Crippen LogP contribution in [0.15, 0.2) is 40.0 Å². The molecule has 1 unspecified atom stereocenters. The molecule has 3 heterocycles. The van der Waals surface area contributed by atoms with E-state index in [0.717, 1.165) is 37.7 Å². The number of aliphatic imine (C=N–C) groups is 2.